The number of hydrogen-bond acceptors (Lipinski definition) is 2. The number of primary amides is 1. The summed E-state index contributed by atoms with van der Waals surface area (Å²) in [5, 5.41) is 0.609. The van der Waals surface area contributed by atoms with Crippen LogP contribution in [0.15, 0.2) is 24.3 Å². The lowest BCUT2D eigenvalue weighted by Gasteiger charge is -2.09. The standard InChI is InChI=1S/C9H11ClN2O/c10-7-3-1-2-6(4-7)8(11)5-9(12)13/h1-4,8H,5,11H2,(H2,12,13)/t8-/m0/s1. The zero-order valence-corrected chi connectivity index (χ0v) is 7.79. The highest BCUT2D eigenvalue weighted by Gasteiger charge is 2.08. The lowest BCUT2D eigenvalue weighted by Crippen LogP contribution is -2.20. The highest BCUT2D eigenvalue weighted by molar-refractivity contribution is 6.30. The number of halogens is 1. The van der Waals surface area contributed by atoms with Gasteiger partial charge in [-0.15, -0.1) is 0 Å². The van der Waals surface area contributed by atoms with Gasteiger partial charge in [-0.2, -0.15) is 0 Å². The Morgan fingerprint density at radius 3 is 2.77 bits per heavy atom. The molecule has 0 radical (unpaired) electrons. The fourth-order valence-electron chi connectivity index (χ4n) is 1.07. The van der Waals surface area contributed by atoms with Crippen LogP contribution in [0.3, 0.4) is 0 Å². The maximum Gasteiger partial charge on any atom is 0.219 e. The van der Waals surface area contributed by atoms with Crippen LogP contribution < -0.4 is 11.5 Å². The van der Waals surface area contributed by atoms with Crippen LogP contribution in [0.25, 0.3) is 0 Å². The van der Waals surface area contributed by atoms with E-state index in [0.717, 1.165) is 5.56 Å². The van der Waals surface area contributed by atoms with Crippen LogP contribution in [-0.2, 0) is 4.79 Å². The van der Waals surface area contributed by atoms with Crippen LogP contribution in [0.1, 0.15) is 18.0 Å². The van der Waals surface area contributed by atoms with E-state index in [4.69, 9.17) is 23.1 Å². The second-order valence-corrected chi connectivity index (χ2v) is 3.27. The van der Waals surface area contributed by atoms with Crippen molar-refractivity contribution in [1.29, 1.82) is 0 Å². The lowest BCUT2D eigenvalue weighted by atomic mass is 10.0. The van der Waals surface area contributed by atoms with Crippen molar-refractivity contribution in [3.05, 3.63) is 34.9 Å². The van der Waals surface area contributed by atoms with E-state index in [1.165, 1.54) is 0 Å². The molecule has 1 rings (SSSR count). The highest BCUT2D eigenvalue weighted by atomic mass is 35.5. The smallest absolute Gasteiger partial charge is 0.219 e. The molecule has 4 heteroatoms. The second kappa shape index (κ2) is 4.25. The Bertz CT molecular complexity index is 314. The van der Waals surface area contributed by atoms with Crippen molar-refractivity contribution in [3.8, 4) is 0 Å². The summed E-state index contributed by atoms with van der Waals surface area (Å²) in [5.74, 6) is -0.410. The molecule has 0 unspecified atom stereocenters. The Hall–Kier alpha value is -1.06. The normalized spacial score (nSPS) is 12.5. The van der Waals surface area contributed by atoms with E-state index in [1.807, 2.05) is 6.07 Å². The molecule has 70 valence electrons. The van der Waals surface area contributed by atoms with Gasteiger partial charge in [-0.3, -0.25) is 4.79 Å². The summed E-state index contributed by atoms with van der Waals surface area (Å²) in [5.41, 5.74) is 11.5. The average molecular weight is 199 g/mol. The van der Waals surface area contributed by atoms with Crippen molar-refractivity contribution in [2.75, 3.05) is 0 Å². The minimum atomic E-state index is -0.410. The molecular formula is C9H11ClN2O. The van der Waals surface area contributed by atoms with Crippen LogP contribution in [0.2, 0.25) is 5.02 Å². The van der Waals surface area contributed by atoms with Crippen molar-refractivity contribution < 1.29 is 4.79 Å². The zero-order chi connectivity index (χ0) is 9.84. The number of carbonyl (C=O) groups is 1. The van der Waals surface area contributed by atoms with Crippen molar-refractivity contribution in [1.82, 2.24) is 0 Å². The average Bonchev–Trinajstić information content (AvgIpc) is 2.03. The predicted molar refractivity (Wildman–Crippen MR) is 52.2 cm³/mol. The van der Waals surface area contributed by atoms with E-state index in [9.17, 15) is 4.79 Å². The molecule has 3 nitrogen and oxygen atoms in total. The number of benzene rings is 1. The van der Waals surface area contributed by atoms with Gasteiger partial charge in [0.15, 0.2) is 0 Å². The van der Waals surface area contributed by atoms with Crippen molar-refractivity contribution >= 4 is 17.5 Å². The summed E-state index contributed by atoms with van der Waals surface area (Å²) in [6.07, 6.45) is 0.139. The van der Waals surface area contributed by atoms with E-state index >= 15 is 0 Å². The number of rotatable bonds is 3. The molecule has 1 amide bonds. The largest absolute Gasteiger partial charge is 0.370 e. The molecule has 0 saturated heterocycles. The van der Waals surface area contributed by atoms with E-state index in [0.29, 0.717) is 5.02 Å². The molecule has 0 fully saturated rings. The summed E-state index contributed by atoms with van der Waals surface area (Å²) in [7, 11) is 0. The SMILES string of the molecule is NC(=O)C[C@H](N)c1cccc(Cl)c1. The maximum absolute atomic E-state index is 10.6. The lowest BCUT2D eigenvalue weighted by molar-refractivity contribution is -0.118. The molecule has 0 aliphatic rings. The van der Waals surface area contributed by atoms with Gasteiger partial charge in [-0.1, -0.05) is 23.7 Å². The van der Waals surface area contributed by atoms with Gasteiger partial charge in [-0.25, -0.2) is 0 Å². The van der Waals surface area contributed by atoms with Crippen LogP contribution >= 0.6 is 11.6 Å². The van der Waals surface area contributed by atoms with Crippen LogP contribution in [0, 0.1) is 0 Å². The van der Waals surface area contributed by atoms with Crippen molar-refractivity contribution in [3.63, 3.8) is 0 Å². The monoisotopic (exact) mass is 198 g/mol. The first-order chi connectivity index (χ1) is 6.09. The molecule has 0 heterocycles. The minimum Gasteiger partial charge on any atom is -0.370 e. The van der Waals surface area contributed by atoms with E-state index < -0.39 is 5.91 Å². The summed E-state index contributed by atoms with van der Waals surface area (Å²) in [4.78, 5) is 10.6. The summed E-state index contributed by atoms with van der Waals surface area (Å²) in [6, 6.07) is 6.73. The van der Waals surface area contributed by atoms with Gasteiger partial charge in [0.05, 0.1) is 0 Å². The Morgan fingerprint density at radius 1 is 1.54 bits per heavy atom. The van der Waals surface area contributed by atoms with Gasteiger partial charge in [0, 0.05) is 17.5 Å². The molecule has 0 saturated carbocycles. The van der Waals surface area contributed by atoms with Crippen molar-refractivity contribution in [2.45, 2.75) is 12.5 Å². The summed E-state index contributed by atoms with van der Waals surface area (Å²) < 4.78 is 0. The molecule has 4 N–H and O–H groups in total. The van der Waals surface area contributed by atoms with Crippen LogP contribution in [-0.4, -0.2) is 5.91 Å². The Kier molecular flexibility index (Phi) is 3.28. The molecule has 1 aromatic rings. The van der Waals surface area contributed by atoms with Crippen LogP contribution in [0.5, 0.6) is 0 Å². The van der Waals surface area contributed by atoms with Gasteiger partial charge in [0.2, 0.25) is 5.91 Å². The first kappa shape index (κ1) is 10.0. The third-order valence-electron chi connectivity index (χ3n) is 1.70. The van der Waals surface area contributed by atoms with Gasteiger partial charge >= 0.3 is 0 Å². The van der Waals surface area contributed by atoms with Gasteiger partial charge in [0.1, 0.15) is 0 Å². The third-order valence-corrected chi connectivity index (χ3v) is 1.93. The first-order valence-corrected chi connectivity index (χ1v) is 4.26. The molecule has 13 heavy (non-hydrogen) atoms. The van der Waals surface area contributed by atoms with Crippen LogP contribution in [0.4, 0.5) is 0 Å². The molecule has 0 spiro atoms. The van der Waals surface area contributed by atoms with E-state index in [2.05, 4.69) is 0 Å². The van der Waals surface area contributed by atoms with Gasteiger partial charge < -0.3 is 11.5 Å². The zero-order valence-electron chi connectivity index (χ0n) is 7.03. The Balaban J connectivity index is 2.76. The predicted octanol–water partition coefficient (Wildman–Crippen LogP) is 1.22. The summed E-state index contributed by atoms with van der Waals surface area (Å²) in [6.45, 7) is 0. The molecule has 0 aliphatic carbocycles. The molecule has 0 bridgehead atoms. The van der Waals surface area contributed by atoms with Crippen molar-refractivity contribution in [2.24, 2.45) is 11.5 Å². The minimum absolute atomic E-state index is 0.139. The molecule has 0 aromatic heterocycles. The number of carbonyl (C=O) groups excluding carboxylic acids is 1. The topological polar surface area (TPSA) is 69.1 Å². The molecular weight excluding hydrogens is 188 g/mol. The van der Waals surface area contributed by atoms with E-state index in [-0.39, 0.29) is 12.5 Å². The molecule has 1 atom stereocenters. The number of nitrogens with two attached hydrogens (primary N) is 2. The number of amides is 1. The Labute approximate surface area is 81.7 Å². The van der Waals surface area contributed by atoms with Gasteiger partial charge in [0.25, 0.3) is 0 Å². The number of hydrogen-bond donors (Lipinski definition) is 2. The molecule has 1 aromatic carbocycles. The molecule has 0 aliphatic heterocycles. The first-order valence-electron chi connectivity index (χ1n) is 3.89. The summed E-state index contributed by atoms with van der Waals surface area (Å²) >= 11 is 5.75. The third kappa shape index (κ3) is 3.05. The fraction of sp³-hybridized carbons (Fsp3) is 0.222. The van der Waals surface area contributed by atoms with E-state index in [1.54, 1.807) is 18.2 Å². The Morgan fingerprint density at radius 2 is 2.23 bits per heavy atom. The fourth-order valence-corrected chi connectivity index (χ4v) is 1.27. The van der Waals surface area contributed by atoms with Gasteiger partial charge in [-0.05, 0) is 17.7 Å². The maximum atomic E-state index is 10.6. The quantitative estimate of drug-likeness (QED) is 0.767. The second-order valence-electron chi connectivity index (χ2n) is 2.83. The highest BCUT2D eigenvalue weighted by Crippen LogP contribution is 2.17.